The molecule has 0 unspecified atom stereocenters. The number of nitrogens with one attached hydrogen (secondary N) is 1. The lowest BCUT2D eigenvalue weighted by Crippen LogP contribution is -2.16. The minimum atomic E-state index is -0.103. The number of ether oxygens (including phenoxy) is 2. The summed E-state index contributed by atoms with van der Waals surface area (Å²) >= 11 is 4.82. The molecule has 9 heteroatoms. The Kier molecular flexibility index (Phi) is 8.96. The summed E-state index contributed by atoms with van der Waals surface area (Å²) in [5.41, 5.74) is 1.90. The highest BCUT2D eigenvalue weighted by atomic mass is 79.9. The van der Waals surface area contributed by atoms with Crippen molar-refractivity contribution in [3.05, 3.63) is 71.0 Å². The van der Waals surface area contributed by atoms with Crippen LogP contribution in [0.5, 0.6) is 11.5 Å². The molecule has 0 bridgehead atoms. The summed E-state index contributed by atoms with van der Waals surface area (Å²) < 4.78 is 13.9. The Morgan fingerprint density at radius 1 is 1.21 bits per heavy atom. The third-order valence-corrected chi connectivity index (χ3v) is 6.23. The first-order valence-corrected chi connectivity index (χ1v) is 12.2. The van der Waals surface area contributed by atoms with Crippen LogP contribution in [0.4, 0.5) is 5.69 Å². The van der Waals surface area contributed by atoms with Gasteiger partial charge in [-0.3, -0.25) is 9.36 Å². The molecule has 3 rings (SSSR count). The Balaban J connectivity index is 1.63. The van der Waals surface area contributed by atoms with Crippen LogP contribution in [0.1, 0.15) is 31.2 Å². The van der Waals surface area contributed by atoms with Crippen LogP contribution in [-0.4, -0.2) is 33.5 Å². The minimum absolute atomic E-state index is 0.103. The zero-order valence-electron chi connectivity index (χ0n) is 18.9. The molecule has 33 heavy (non-hydrogen) atoms. The average molecular weight is 531 g/mol. The van der Waals surface area contributed by atoms with Crippen LogP contribution in [-0.2, 0) is 17.9 Å². The van der Waals surface area contributed by atoms with Gasteiger partial charge < -0.3 is 14.8 Å². The van der Waals surface area contributed by atoms with Gasteiger partial charge in [-0.2, -0.15) is 0 Å². The van der Waals surface area contributed by atoms with E-state index in [1.54, 1.807) is 13.2 Å². The number of thioether (sulfide) groups is 1. The van der Waals surface area contributed by atoms with Gasteiger partial charge in [0.25, 0.3) is 0 Å². The van der Waals surface area contributed by atoms with Crippen molar-refractivity contribution in [3.8, 4) is 11.5 Å². The van der Waals surface area contributed by atoms with Crippen LogP contribution in [0, 0.1) is 0 Å². The van der Waals surface area contributed by atoms with Gasteiger partial charge in [0, 0.05) is 16.7 Å². The van der Waals surface area contributed by atoms with Crippen LogP contribution < -0.4 is 14.8 Å². The fourth-order valence-electron chi connectivity index (χ4n) is 3.11. The molecule has 174 valence electrons. The summed E-state index contributed by atoms with van der Waals surface area (Å²) in [5, 5.41) is 12.2. The van der Waals surface area contributed by atoms with Gasteiger partial charge in [-0.1, -0.05) is 47.6 Å². The number of halogens is 1. The Hall–Kier alpha value is -2.78. The molecular formula is C24H27BrN4O3S. The van der Waals surface area contributed by atoms with Gasteiger partial charge in [-0.05, 0) is 53.9 Å². The number of benzene rings is 2. The number of hydrogen-bond acceptors (Lipinski definition) is 6. The lowest BCUT2D eigenvalue weighted by Gasteiger charge is -2.14. The first-order chi connectivity index (χ1) is 15.9. The quantitative estimate of drug-likeness (QED) is 0.254. The van der Waals surface area contributed by atoms with Crippen molar-refractivity contribution in [1.29, 1.82) is 0 Å². The van der Waals surface area contributed by atoms with Crippen molar-refractivity contribution < 1.29 is 14.3 Å². The molecular weight excluding hydrogens is 504 g/mol. The SMILES string of the molecule is C=CCn1c(COc2ccc(OC)cc2)nnc1SCC(=O)Nc1ccc(Br)cc1C(C)C. The number of carbonyl (C=O) groups excluding carboxylic acids is 1. The average Bonchev–Trinajstić information content (AvgIpc) is 3.19. The molecule has 2 aromatic carbocycles. The van der Waals surface area contributed by atoms with E-state index < -0.39 is 0 Å². The van der Waals surface area contributed by atoms with Crippen LogP contribution in [0.2, 0.25) is 0 Å². The van der Waals surface area contributed by atoms with Crippen molar-refractivity contribution in [3.63, 3.8) is 0 Å². The van der Waals surface area contributed by atoms with Crippen LogP contribution >= 0.6 is 27.7 Å². The molecule has 1 amide bonds. The van der Waals surface area contributed by atoms with E-state index in [-0.39, 0.29) is 24.2 Å². The maximum Gasteiger partial charge on any atom is 0.234 e. The summed E-state index contributed by atoms with van der Waals surface area (Å²) in [5.74, 6) is 2.51. The Bertz CT molecular complexity index is 1100. The van der Waals surface area contributed by atoms with Gasteiger partial charge in [0.15, 0.2) is 11.0 Å². The van der Waals surface area contributed by atoms with Gasteiger partial charge >= 0.3 is 0 Å². The van der Waals surface area contributed by atoms with Gasteiger partial charge in [-0.25, -0.2) is 0 Å². The standard InChI is InChI=1S/C24H27BrN4O3S/c1-5-12-29-22(14-32-19-9-7-18(31-4)8-10-19)27-28-24(29)33-15-23(30)26-21-11-6-17(25)13-20(21)16(2)3/h5-11,13,16H,1,12,14-15H2,2-4H3,(H,26,30). The number of methoxy groups -OCH3 is 1. The molecule has 0 saturated heterocycles. The normalized spacial score (nSPS) is 10.8. The third kappa shape index (κ3) is 6.85. The molecule has 1 N–H and O–H groups in total. The molecule has 1 aromatic heterocycles. The minimum Gasteiger partial charge on any atom is -0.497 e. The van der Waals surface area contributed by atoms with E-state index in [2.05, 4.69) is 51.9 Å². The van der Waals surface area contributed by atoms with E-state index in [0.29, 0.717) is 23.3 Å². The lowest BCUT2D eigenvalue weighted by atomic mass is 10.0. The molecule has 0 spiro atoms. The molecule has 0 saturated carbocycles. The monoisotopic (exact) mass is 530 g/mol. The fraction of sp³-hybridized carbons (Fsp3) is 0.292. The first kappa shape index (κ1) is 24.9. The fourth-order valence-corrected chi connectivity index (χ4v) is 4.25. The van der Waals surface area contributed by atoms with E-state index in [1.165, 1.54) is 11.8 Å². The predicted molar refractivity (Wildman–Crippen MR) is 135 cm³/mol. The molecule has 0 aliphatic rings. The third-order valence-electron chi connectivity index (χ3n) is 4.77. The summed E-state index contributed by atoms with van der Waals surface area (Å²) in [7, 11) is 1.62. The van der Waals surface area contributed by atoms with E-state index in [1.807, 2.05) is 47.0 Å². The van der Waals surface area contributed by atoms with Crippen molar-refractivity contribution in [2.24, 2.45) is 0 Å². The zero-order valence-corrected chi connectivity index (χ0v) is 21.3. The number of amides is 1. The van der Waals surface area contributed by atoms with Crippen LogP contribution in [0.15, 0.2) is 64.7 Å². The number of anilines is 1. The smallest absolute Gasteiger partial charge is 0.234 e. The highest BCUT2D eigenvalue weighted by molar-refractivity contribution is 9.10. The summed E-state index contributed by atoms with van der Waals surface area (Å²) in [4.78, 5) is 12.6. The van der Waals surface area contributed by atoms with Gasteiger partial charge in [-0.15, -0.1) is 16.8 Å². The lowest BCUT2D eigenvalue weighted by molar-refractivity contribution is -0.113. The number of carbonyl (C=O) groups is 1. The predicted octanol–water partition coefficient (Wildman–Crippen LogP) is 5.67. The number of rotatable bonds is 11. The topological polar surface area (TPSA) is 78.3 Å². The van der Waals surface area contributed by atoms with Crippen molar-refractivity contribution in [2.45, 2.75) is 38.1 Å². The number of aromatic nitrogens is 3. The molecule has 0 radical (unpaired) electrons. The van der Waals surface area contributed by atoms with E-state index >= 15 is 0 Å². The number of allylic oxidation sites excluding steroid dienone is 1. The van der Waals surface area contributed by atoms with Gasteiger partial charge in [0.2, 0.25) is 5.91 Å². The highest BCUT2D eigenvalue weighted by Crippen LogP contribution is 2.28. The second-order valence-corrected chi connectivity index (χ2v) is 9.34. The molecule has 0 atom stereocenters. The van der Waals surface area contributed by atoms with Gasteiger partial charge in [0.1, 0.15) is 18.1 Å². The molecule has 3 aromatic rings. The molecule has 0 fully saturated rings. The van der Waals surface area contributed by atoms with E-state index in [4.69, 9.17) is 9.47 Å². The first-order valence-electron chi connectivity index (χ1n) is 10.4. The zero-order chi connectivity index (χ0) is 23.8. The number of nitrogens with zero attached hydrogens (tertiary/aromatic N) is 3. The molecule has 1 heterocycles. The van der Waals surface area contributed by atoms with Crippen molar-refractivity contribution >= 4 is 39.3 Å². The maximum absolute atomic E-state index is 12.6. The molecule has 7 nitrogen and oxygen atoms in total. The summed E-state index contributed by atoms with van der Waals surface area (Å²) in [6.07, 6.45) is 1.76. The van der Waals surface area contributed by atoms with E-state index in [0.717, 1.165) is 21.5 Å². The Labute approximate surface area is 206 Å². The maximum atomic E-state index is 12.6. The van der Waals surface area contributed by atoms with Crippen molar-refractivity contribution in [1.82, 2.24) is 14.8 Å². The molecule has 0 aliphatic carbocycles. The summed E-state index contributed by atoms with van der Waals surface area (Å²) in [6.45, 7) is 8.77. The Morgan fingerprint density at radius 2 is 1.94 bits per heavy atom. The second-order valence-electron chi connectivity index (χ2n) is 7.49. The van der Waals surface area contributed by atoms with Crippen molar-refractivity contribution in [2.75, 3.05) is 18.2 Å². The van der Waals surface area contributed by atoms with Crippen LogP contribution in [0.25, 0.3) is 0 Å². The number of hydrogen-bond donors (Lipinski definition) is 1. The van der Waals surface area contributed by atoms with Crippen LogP contribution in [0.3, 0.4) is 0 Å². The molecule has 0 aliphatic heterocycles. The Morgan fingerprint density at radius 3 is 2.61 bits per heavy atom. The largest absolute Gasteiger partial charge is 0.497 e. The highest BCUT2D eigenvalue weighted by Gasteiger charge is 2.16. The van der Waals surface area contributed by atoms with Gasteiger partial charge in [0.05, 0.1) is 12.9 Å². The summed E-state index contributed by atoms with van der Waals surface area (Å²) in [6, 6.07) is 13.2. The van der Waals surface area contributed by atoms with E-state index in [9.17, 15) is 4.79 Å². The second kappa shape index (κ2) is 11.9.